The fourth-order valence-corrected chi connectivity index (χ4v) is 3.69. The monoisotopic (exact) mass is 371 g/mol. The van der Waals surface area contributed by atoms with Crippen LogP contribution in [-0.4, -0.2) is 18.3 Å². The van der Waals surface area contributed by atoms with Crippen LogP contribution in [-0.2, 0) is 10.0 Å². The summed E-state index contributed by atoms with van der Waals surface area (Å²) in [6.45, 7) is 1.41. The van der Waals surface area contributed by atoms with E-state index in [2.05, 4.69) is 4.72 Å². The van der Waals surface area contributed by atoms with E-state index in [-0.39, 0.29) is 16.3 Å². The molecule has 0 radical (unpaired) electrons. The summed E-state index contributed by atoms with van der Waals surface area (Å²) in [5.74, 6) is 0. The van der Waals surface area contributed by atoms with Crippen LogP contribution in [0, 0.1) is 27.2 Å². The van der Waals surface area contributed by atoms with Crippen molar-refractivity contribution in [2.75, 3.05) is 4.72 Å². The molecule has 1 N–H and O–H groups in total. The highest BCUT2D eigenvalue weighted by Crippen LogP contribution is 2.31. The second kappa shape index (κ2) is 6.42. The lowest BCUT2D eigenvalue weighted by Gasteiger charge is -2.10. The van der Waals surface area contributed by atoms with E-state index in [1.807, 2.05) is 0 Å². The van der Waals surface area contributed by atoms with Crippen LogP contribution < -0.4 is 4.72 Å². The summed E-state index contributed by atoms with van der Waals surface area (Å²) in [6, 6.07) is 7.14. The number of halogens is 1. The summed E-state index contributed by atoms with van der Waals surface area (Å²) in [4.78, 5) is 19.8. The molecule has 0 aliphatic rings. The molecule has 0 aliphatic heterocycles. The maximum Gasteiger partial charge on any atom is 0.290 e. The summed E-state index contributed by atoms with van der Waals surface area (Å²) in [7, 11) is -4.33. The van der Waals surface area contributed by atoms with E-state index in [0.717, 1.165) is 18.2 Å². The van der Waals surface area contributed by atoms with Gasteiger partial charge in [-0.25, -0.2) is 8.42 Å². The van der Waals surface area contributed by atoms with Crippen LogP contribution in [0.25, 0.3) is 0 Å². The molecule has 0 fully saturated rings. The topological polar surface area (TPSA) is 132 Å². The van der Waals surface area contributed by atoms with E-state index in [1.165, 1.54) is 25.1 Å². The smallest absolute Gasteiger partial charge is 0.279 e. The van der Waals surface area contributed by atoms with Crippen molar-refractivity contribution in [2.24, 2.45) is 0 Å². The number of benzene rings is 2. The normalized spacial score (nSPS) is 11.1. The zero-order chi connectivity index (χ0) is 18.1. The second-order valence-electron chi connectivity index (χ2n) is 4.71. The Hall–Kier alpha value is -2.72. The third kappa shape index (κ3) is 3.44. The van der Waals surface area contributed by atoms with Gasteiger partial charge in [-0.2, -0.15) is 0 Å². The first-order valence-corrected chi connectivity index (χ1v) is 8.20. The van der Waals surface area contributed by atoms with Gasteiger partial charge in [0.05, 0.1) is 15.5 Å². The molecule has 0 aliphatic carbocycles. The lowest BCUT2D eigenvalue weighted by atomic mass is 10.2. The molecule has 0 spiro atoms. The second-order valence-corrected chi connectivity index (χ2v) is 6.74. The molecule has 0 saturated carbocycles. The SMILES string of the molecule is Cc1cccc([N+](=O)[O-])c1S(=O)(=O)Nc1ccc(Cl)c([N+](=O)[O-])c1. The summed E-state index contributed by atoms with van der Waals surface area (Å²) in [5, 5.41) is 21.8. The summed E-state index contributed by atoms with van der Waals surface area (Å²) < 4.78 is 27.1. The van der Waals surface area contributed by atoms with E-state index in [9.17, 15) is 28.6 Å². The summed E-state index contributed by atoms with van der Waals surface area (Å²) in [5.41, 5.74) is -1.05. The van der Waals surface area contributed by atoms with Gasteiger partial charge in [-0.15, -0.1) is 0 Å². The zero-order valence-corrected chi connectivity index (χ0v) is 13.7. The summed E-state index contributed by atoms with van der Waals surface area (Å²) in [6.07, 6.45) is 0. The lowest BCUT2D eigenvalue weighted by Crippen LogP contribution is -2.16. The quantitative estimate of drug-likeness (QED) is 0.633. The number of rotatable bonds is 5. The molecular formula is C13H10ClN3O6S. The number of nitrogens with one attached hydrogen (secondary N) is 1. The van der Waals surface area contributed by atoms with Gasteiger partial charge in [-0.1, -0.05) is 23.7 Å². The van der Waals surface area contributed by atoms with E-state index >= 15 is 0 Å². The summed E-state index contributed by atoms with van der Waals surface area (Å²) >= 11 is 5.66. The Morgan fingerprint density at radius 3 is 2.25 bits per heavy atom. The van der Waals surface area contributed by atoms with Crippen LogP contribution in [0.2, 0.25) is 5.02 Å². The van der Waals surface area contributed by atoms with Gasteiger partial charge in [0.1, 0.15) is 5.02 Å². The van der Waals surface area contributed by atoms with Crippen LogP contribution in [0.3, 0.4) is 0 Å². The molecule has 24 heavy (non-hydrogen) atoms. The number of anilines is 1. The van der Waals surface area contributed by atoms with Crippen molar-refractivity contribution in [2.45, 2.75) is 11.8 Å². The number of sulfonamides is 1. The standard InChI is InChI=1S/C13H10ClN3O6S/c1-8-3-2-4-11(16(18)19)13(8)24(22,23)15-9-5-6-10(14)12(7-9)17(20)21/h2-7,15H,1H3. The first-order valence-electron chi connectivity index (χ1n) is 6.34. The van der Waals surface area contributed by atoms with Crippen LogP contribution in [0.4, 0.5) is 17.1 Å². The van der Waals surface area contributed by atoms with E-state index < -0.39 is 36.1 Å². The molecule has 2 aromatic rings. The van der Waals surface area contributed by atoms with E-state index in [4.69, 9.17) is 11.6 Å². The number of hydrogen-bond donors (Lipinski definition) is 1. The minimum absolute atomic E-state index is 0.136. The predicted molar refractivity (Wildman–Crippen MR) is 86.7 cm³/mol. The van der Waals surface area contributed by atoms with Crippen LogP contribution in [0.5, 0.6) is 0 Å². The molecule has 0 amide bonds. The Bertz CT molecular complexity index is 945. The van der Waals surface area contributed by atoms with Crippen molar-refractivity contribution in [3.8, 4) is 0 Å². The van der Waals surface area contributed by atoms with Crippen molar-refractivity contribution in [1.29, 1.82) is 0 Å². The van der Waals surface area contributed by atoms with Crippen molar-refractivity contribution in [1.82, 2.24) is 0 Å². The Morgan fingerprint density at radius 2 is 1.67 bits per heavy atom. The van der Waals surface area contributed by atoms with Gasteiger partial charge in [0.15, 0.2) is 4.90 Å². The average Bonchev–Trinajstić information content (AvgIpc) is 2.48. The highest BCUT2D eigenvalue weighted by atomic mass is 35.5. The molecule has 0 atom stereocenters. The molecule has 126 valence electrons. The Labute approximate surface area is 141 Å². The van der Waals surface area contributed by atoms with Crippen LogP contribution >= 0.6 is 11.6 Å². The van der Waals surface area contributed by atoms with Crippen molar-refractivity contribution in [3.63, 3.8) is 0 Å². The first kappa shape index (κ1) is 17.6. The van der Waals surface area contributed by atoms with Crippen molar-refractivity contribution in [3.05, 3.63) is 67.2 Å². The molecule has 11 heteroatoms. The Kier molecular flexibility index (Phi) is 4.71. The van der Waals surface area contributed by atoms with Gasteiger partial charge >= 0.3 is 0 Å². The van der Waals surface area contributed by atoms with Crippen molar-refractivity contribution < 1.29 is 18.3 Å². The van der Waals surface area contributed by atoms with Crippen molar-refractivity contribution >= 4 is 38.7 Å². The predicted octanol–water partition coefficient (Wildman–Crippen LogP) is 3.27. The van der Waals surface area contributed by atoms with Crippen LogP contribution in [0.15, 0.2) is 41.3 Å². The molecule has 0 saturated heterocycles. The number of nitro groups is 2. The highest BCUT2D eigenvalue weighted by molar-refractivity contribution is 7.93. The molecule has 0 unspecified atom stereocenters. The number of hydrogen-bond acceptors (Lipinski definition) is 6. The number of nitrogens with zero attached hydrogens (tertiary/aromatic N) is 2. The number of aryl methyl sites for hydroxylation is 1. The van der Waals surface area contributed by atoms with Gasteiger partial charge in [0, 0.05) is 12.1 Å². The number of nitro benzene ring substituents is 2. The third-order valence-electron chi connectivity index (χ3n) is 3.05. The molecule has 0 heterocycles. The first-order chi connectivity index (χ1) is 11.1. The lowest BCUT2D eigenvalue weighted by molar-refractivity contribution is -0.387. The molecule has 0 aromatic heterocycles. The minimum Gasteiger partial charge on any atom is -0.279 e. The molecule has 2 rings (SSSR count). The van der Waals surface area contributed by atoms with Gasteiger partial charge in [-0.05, 0) is 24.6 Å². The molecule has 2 aromatic carbocycles. The average molecular weight is 372 g/mol. The fraction of sp³-hybridized carbons (Fsp3) is 0.0769. The fourth-order valence-electron chi connectivity index (χ4n) is 2.05. The van der Waals surface area contributed by atoms with Gasteiger partial charge in [0.2, 0.25) is 0 Å². The Morgan fingerprint density at radius 1 is 1.04 bits per heavy atom. The Balaban J connectivity index is 2.53. The maximum absolute atomic E-state index is 12.5. The highest BCUT2D eigenvalue weighted by Gasteiger charge is 2.28. The molecular weight excluding hydrogens is 362 g/mol. The third-order valence-corrected chi connectivity index (χ3v) is 4.94. The van der Waals surface area contributed by atoms with Gasteiger partial charge in [-0.3, -0.25) is 25.0 Å². The zero-order valence-electron chi connectivity index (χ0n) is 12.1. The molecule has 0 bridgehead atoms. The van der Waals surface area contributed by atoms with Crippen LogP contribution in [0.1, 0.15) is 5.56 Å². The van der Waals surface area contributed by atoms with E-state index in [0.29, 0.717) is 0 Å². The minimum atomic E-state index is -4.33. The largest absolute Gasteiger partial charge is 0.290 e. The van der Waals surface area contributed by atoms with Gasteiger partial charge in [0.25, 0.3) is 21.4 Å². The van der Waals surface area contributed by atoms with Gasteiger partial charge < -0.3 is 0 Å². The molecule has 9 nitrogen and oxygen atoms in total. The van der Waals surface area contributed by atoms with E-state index in [1.54, 1.807) is 0 Å². The maximum atomic E-state index is 12.5.